The molecule has 0 aromatic heterocycles. The van der Waals surface area contributed by atoms with Crippen molar-refractivity contribution in [2.24, 2.45) is 5.92 Å². The van der Waals surface area contributed by atoms with Crippen LogP contribution in [0.15, 0.2) is 48.5 Å². The molecule has 0 aliphatic heterocycles. The summed E-state index contributed by atoms with van der Waals surface area (Å²) < 4.78 is 5.18. The van der Waals surface area contributed by atoms with Crippen molar-refractivity contribution in [2.75, 3.05) is 12.8 Å². The molecule has 0 saturated carbocycles. The maximum atomic E-state index is 12.3. The molecule has 1 unspecified atom stereocenters. The van der Waals surface area contributed by atoms with Gasteiger partial charge in [-0.05, 0) is 41.3 Å². The zero-order valence-electron chi connectivity index (χ0n) is 13.9. The molecule has 23 heavy (non-hydrogen) atoms. The highest BCUT2D eigenvalue weighted by Gasteiger charge is 2.18. The van der Waals surface area contributed by atoms with Gasteiger partial charge in [0.2, 0.25) is 5.91 Å². The molecule has 2 aromatic rings. The standard InChI is InChI=1S/C19H24N2O2/c1-13(2)19(15-6-10-17(23-3)11-7-15)21-18(22)12-14-4-8-16(20)9-5-14/h4-11,13,19H,12,20H2,1-3H3,(H,21,22). The van der Waals surface area contributed by atoms with Gasteiger partial charge in [-0.1, -0.05) is 38.1 Å². The van der Waals surface area contributed by atoms with Crippen molar-refractivity contribution < 1.29 is 9.53 Å². The summed E-state index contributed by atoms with van der Waals surface area (Å²) in [4.78, 5) is 12.3. The van der Waals surface area contributed by atoms with Crippen LogP contribution < -0.4 is 15.8 Å². The van der Waals surface area contributed by atoms with Crippen LogP contribution in [-0.2, 0) is 11.2 Å². The van der Waals surface area contributed by atoms with Gasteiger partial charge >= 0.3 is 0 Å². The maximum absolute atomic E-state index is 12.3. The van der Waals surface area contributed by atoms with Crippen LogP contribution in [0, 0.1) is 5.92 Å². The third-order valence-electron chi connectivity index (χ3n) is 3.80. The smallest absolute Gasteiger partial charge is 0.224 e. The fraction of sp³-hybridized carbons (Fsp3) is 0.316. The van der Waals surface area contributed by atoms with E-state index < -0.39 is 0 Å². The molecule has 2 aromatic carbocycles. The zero-order valence-corrected chi connectivity index (χ0v) is 13.9. The molecule has 0 fully saturated rings. The van der Waals surface area contributed by atoms with Gasteiger partial charge in [0.05, 0.1) is 19.6 Å². The number of methoxy groups -OCH3 is 1. The van der Waals surface area contributed by atoms with Gasteiger partial charge in [-0.2, -0.15) is 0 Å². The summed E-state index contributed by atoms with van der Waals surface area (Å²) in [7, 11) is 1.64. The van der Waals surface area contributed by atoms with Crippen molar-refractivity contribution in [2.45, 2.75) is 26.3 Å². The Kier molecular flexibility index (Phi) is 5.63. The lowest BCUT2D eigenvalue weighted by Crippen LogP contribution is -2.32. The minimum absolute atomic E-state index is 0.00397. The number of ether oxygens (including phenoxy) is 1. The highest BCUT2D eigenvalue weighted by molar-refractivity contribution is 5.79. The van der Waals surface area contributed by atoms with E-state index in [2.05, 4.69) is 19.2 Å². The van der Waals surface area contributed by atoms with Gasteiger partial charge in [0.1, 0.15) is 5.75 Å². The summed E-state index contributed by atoms with van der Waals surface area (Å²) in [6.45, 7) is 4.19. The van der Waals surface area contributed by atoms with E-state index in [9.17, 15) is 4.79 Å². The molecule has 0 aliphatic rings. The average molecular weight is 312 g/mol. The van der Waals surface area contributed by atoms with E-state index in [0.29, 0.717) is 18.0 Å². The van der Waals surface area contributed by atoms with E-state index in [1.807, 2.05) is 48.5 Å². The molecule has 4 nitrogen and oxygen atoms in total. The first-order valence-electron chi connectivity index (χ1n) is 7.77. The number of nitrogens with one attached hydrogen (secondary N) is 1. The molecule has 3 N–H and O–H groups in total. The summed E-state index contributed by atoms with van der Waals surface area (Å²) in [5.74, 6) is 1.10. The van der Waals surface area contributed by atoms with Crippen molar-refractivity contribution in [3.05, 3.63) is 59.7 Å². The van der Waals surface area contributed by atoms with E-state index >= 15 is 0 Å². The molecular weight excluding hydrogens is 288 g/mol. The second-order valence-electron chi connectivity index (χ2n) is 5.98. The maximum Gasteiger partial charge on any atom is 0.224 e. The van der Waals surface area contributed by atoms with E-state index in [1.165, 1.54) is 0 Å². The number of rotatable bonds is 6. The van der Waals surface area contributed by atoms with Crippen LogP contribution in [0.5, 0.6) is 5.75 Å². The van der Waals surface area contributed by atoms with Crippen LogP contribution in [0.25, 0.3) is 0 Å². The fourth-order valence-electron chi connectivity index (χ4n) is 2.49. The van der Waals surface area contributed by atoms with Gasteiger partial charge in [0.25, 0.3) is 0 Å². The molecule has 0 bridgehead atoms. The molecule has 0 heterocycles. The van der Waals surface area contributed by atoms with Crippen LogP contribution in [0.3, 0.4) is 0 Å². The fourth-order valence-corrected chi connectivity index (χ4v) is 2.49. The molecule has 0 aliphatic carbocycles. The molecule has 0 radical (unpaired) electrons. The van der Waals surface area contributed by atoms with Crippen LogP contribution in [0.1, 0.15) is 31.0 Å². The summed E-state index contributed by atoms with van der Waals surface area (Å²) in [5.41, 5.74) is 8.40. The van der Waals surface area contributed by atoms with E-state index in [1.54, 1.807) is 7.11 Å². The Bertz CT molecular complexity index is 633. The van der Waals surface area contributed by atoms with Crippen LogP contribution in [0.4, 0.5) is 5.69 Å². The van der Waals surface area contributed by atoms with Crippen molar-refractivity contribution in [1.29, 1.82) is 0 Å². The van der Waals surface area contributed by atoms with Crippen molar-refractivity contribution in [1.82, 2.24) is 5.32 Å². The molecule has 0 spiro atoms. The lowest BCUT2D eigenvalue weighted by atomic mass is 9.95. The van der Waals surface area contributed by atoms with Gasteiger partial charge in [-0.3, -0.25) is 4.79 Å². The predicted molar refractivity (Wildman–Crippen MR) is 93.3 cm³/mol. The quantitative estimate of drug-likeness (QED) is 0.804. The second-order valence-corrected chi connectivity index (χ2v) is 5.98. The normalized spacial score (nSPS) is 12.0. The number of carbonyl (C=O) groups excluding carboxylic acids is 1. The molecule has 0 saturated heterocycles. The number of hydrogen-bond donors (Lipinski definition) is 2. The minimum atomic E-state index is -0.0258. The van der Waals surface area contributed by atoms with Crippen molar-refractivity contribution in [3.63, 3.8) is 0 Å². The van der Waals surface area contributed by atoms with E-state index in [0.717, 1.165) is 16.9 Å². The number of hydrogen-bond acceptors (Lipinski definition) is 3. The summed E-state index contributed by atoms with van der Waals surface area (Å²) in [6.07, 6.45) is 0.347. The van der Waals surface area contributed by atoms with Gasteiger partial charge in [-0.15, -0.1) is 0 Å². The summed E-state index contributed by atoms with van der Waals surface area (Å²) in [6, 6.07) is 15.2. The molecule has 122 valence electrons. The van der Waals surface area contributed by atoms with Crippen molar-refractivity contribution >= 4 is 11.6 Å². The number of benzene rings is 2. The Morgan fingerprint density at radius 3 is 2.22 bits per heavy atom. The number of nitrogen functional groups attached to an aromatic ring is 1. The molecule has 1 amide bonds. The van der Waals surface area contributed by atoms with Crippen molar-refractivity contribution in [3.8, 4) is 5.75 Å². The van der Waals surface area contributed by atoms with Crippen LogP contribution in [0.2, 0.25) is 0 Å². The van der Waals surface area contributed by atoms with Gasteiger partial charge in [-0.25, -0.2) is 0 Å². The SMILES string of the molecule is COc1ccc(C(NC(=O)Cc2ccc(N)cc2)C(C)C)cc1. The van der Waals surface area contributed by atoms with Gasteiger partial charge in [0, 0.05) is 5.69 Å². The van der Waals surface area contributed by atoms with Crippen LogP contribution in [-0.4, -0.2) is 13.0 Å². The molecule has 4 heteroatoms. The van der Waals surface area contributed by atoms with Crippen LogP contribution >= 0.6 is 0 Å². The first-order valence-corrected chi connectivity index (χ1v) is 7.77. The lowest BCUT2D eigenvalue weighted by Gasteiger charge is -2.23. The van der Waals surface area contributed by atoms with E-state index in [4.69, 9.17) is 10.5 Å². The Labute approximate surface area is 137 Å². The van der Waals surface area contributed by atoms with Gasteiger partial charge in [0.15, 0.2) is 0 Å². The number of carbonyl (C=O) groups is 1. The molecule has 2 rings (SSSR count). The highest BCUT2D eigenvalue weighted by Crippen LogP contribution is 2.24. The number of amides is 1. The third kappa shape index (κ3) is 4.74. The molecular formula is C19H24N2O2. The van der Waals surface area contributed by atoms with E-state index in [-0.39, 0.29) is 11.9 Å². The Morgan fingerprint density at radius 1 is 1.09 bits per heavy atom. The molecule has 1 atom stereocenters. The minimum Gasteiger partial charge on any atom is -0.497 e. The Hall–Kier alpha value is -2.49. The Morgan fingerprint density at radius 2 is 1.70 bits per heavy atom. The second kappa shape index (κ2) is 7.68. The average Bonchev–Trinajstić information content (AvgIpc) is 2.55. The van der Waals surface area contributed by atoms with Gasteiger partial charge < -0.3 is 15.8 Å². The lowest BCUT2D eigenvalue weighted by molar-refractivity contribution is -0.121. The topological polar surface area (TPSA) is 64.3 Å². The summed E-state index contributed by atoms with van der Waals surface area (Å²) >= 11 is 0. The number of anilines is 1. The first-order chi connectivity index (χ1) is 11.0. The number of nitrogens with two attached hydrogens (primary N) is 1. The third-order valence-corrected chi connectivity index (χ3v) is 3.80. The highest BCUT2D eigenvalue weighted by atomic mass is 16.5. The zero-order chi connectivity index (χ0) is 16.8. The summed E-state index contributed by atoms with van der Waals surface area (Å²) in [5, 5.41) is 3.12. The largest absolute Gasteiger partial charge is 0.497 e. The monoisotopic (exact) mass is 312 g/mol. The Balaban J connectivity index is 2.06. The first kappa shape index (κ1) is 16.9. The predicted octanol–water partition coefficient (Wildman–Crippen LogP) is 3.33.